The van der Waals surface area contributed by atoms with Crippen molar-refractivity contribution in [1.82, 2.24) is 0 Å². The van der Waals surface area contributed by atoms with Gasteiger partial charge in [0.2, 0.25) is 0 Å². The number of rotatable bonds is 1. The largest absolute Gasteiger partial charge is 0.276 e. The molecule has 0 unspecified atom stereocenters. The van der Waals surface area contributed by atoms with Gasteiger partial charge in [0, 0.05) is 9.13 Å². The molecule has 1 aromatic rings. The second kappa shape index (κ2) is 4.02. The van der Waals surface area contributed by atoms with Gasteiger partial charge in [0.25, 0.3) is 5.24 Å². The normalized spacial score (nSPS) is 10.0. The van der Waals surface area contributed by atoms with Gasteiger partial charge in [0.15, 0.2) is 0 Å². The SMILES string of the molecule is O=C(Cl)c1cc(F)c(Br)c(I)c1. The summed E-state index contributed by atoms with van der Waals surface area (Å²) in [6.45, 7) is 0. The molecule has 0 amide bonds. The van der Waals surface area contributed by atoms with Crippen molar-refractivity contribution in [2.24, 2.45) is 0 Å². The molecule has 0 spiro atoms. The smallest absolute Gasteiger partial charge is 0.252 e. The van der Waals surface area contributed by atoms with Crippen molar-refractivity contribution in [3.8, 4) is 0 Å². The highest BCUT2D eigenvalue weighted by Gasteiger charge is 2.09. The molecule has 1 rings (SSSR count). The van der Waals surface area contributed by atoms with E-state index in [9.17, 15) is 9.18 Å². The standard InChI is InChI=1S/C7H2BrClFIO/c8-6-4(10)1-3(7(9)12)2-5(6)11/h1-2H. The zero-order valence-corrected chi connectivity index (χ0v) is 10.1. The summed E-state index contributed by atoms with van der Waals surface area (Å²) in [7, 11) is 0. The Kier molecular flexibility index (Phi) is 3.48. The van der Waals surface area contributed by atoms with Gasteiger partial charge in [0.05, 0.1) is 4.47 Å². The summed E-state index contributed by atoms with van der Waals surface area (Å²) in [4.78, 5) is 10.6. The molecule has 1 nitrogen and oxygen atoms in total. The van der Waals surface area contributed by atoms with E-state index in [1.807, 2.05) is 22.6 Å². The molecule has 0 atom stereocenters. The zero-order valence-electron chi connectivity index (χ0n) is 5.57. The lowest BCUT2D eigenvalue weighted by molar-refractivity contribution is 0.108. The Labute approximate surface area is 95.6 Å². The van der Waals surface area contributed by atoms with Gasteiger partial charge in [-0.05, 0) is 62.3 Å². The fraction of sp³-hybridized carbons (Fsp3) is 0. The number of carbonyl (C=O) groups excluding carboxylic acids is 1. The van der Waals surface area contributed by atoms with E-state index in [1.165, 1.54) is 6.07 Å². The molecule has 0 fully saturated rings. The highest BCUT2D eigenvalue weighted by Crippen LogP contribution is 2.24. The van der Waals surface area contributed by atoms with Crippen LogP contribution in [0.1, 0.15) is 10.4 Å². The molecule has 64 valence electrons. The second-order valence-electron chi connectivity index (χ2n) is 2.03. The highest BCUT2D eigenvalue weighted by atomic mass is 127. The maximum absolute atomic E-state index is 12.9. The third-order valence-electron chi connectivity index (χ3n) is 1.21. The number of benzene rings is 1. The first kappa shape index (κ1) is 10.4. The van der Waals surface area contributed by atoms with Crippen LogP contribution in [0.15, 0.2) is 16.6 Å². The van der Waals surface area contributed by atoms with Gasteiger partial charge in [-0.1, -0.05) is 0 Å². The van der Waals surface area contributed by atoms with Gasteiger partial charge < -0.3 is 0 Å². The summed E-state index contributed by atoms with van der Waals surface area (Å²) in [5.41, 5.74) is 0.168. The Morgan fingerprint density at radius 3 is 2.58 bits per heavy atom. The topological polar surface area (TPSA) is 17.1 Å². The van der Waals surface area contributed by atoms with Crippen LogP contribution in [0, 0.1) is 9.39 Å². The van der Waals surface area contributed by atoms with E-state index in [0.29, 0.717) is 8.04 Å². The Bertz CT molecular complexity index is 319. The number of halogens is 4. The van der Waals surface area contributed by atoms with Gasteiger partial charge in [-0.2, -0.15) is 0 Å². The second-order valence-corrected chi connectivity index (χ2v) is 4.33. The number of carbonyl (C=O) groups is 1. The maximum atomic E-state index is 12.9. The summed E-state index contributed by atoms with van der Waals surface area (Å²) in [5, 5.41) is -0.653. The van der Waals surface area contributed by atoms with E-state index in [-0.39, 0.29) is 5.56 Å². The minimum absolute atomic E-state index is 0.168. The van der Waals surface area contributed by atoms with Crippen LogP contribution in [0.25, 0.3) is 0 Å². The van der Waals surface area contributed by atoms with Crippen molar-refractivity contribution in [3.05, 3.63) is 31.6 Å². The van der Waals surface area contributed by atoms with E-state index in [0.717, 1.165) is 6.07 Å². The van der Waals surface area contributed by atoms with E-state index in [4.69, 9.17) is 11.6 Å². The minimum Gasteiger partial charge on any atom is -0.276 e. The monoisotopic (exact) mass is 362 g/mol. The molecular formula is C7H2BrClFIO. The van der Waals surface area contributed by atoms with E-state index in [2.05, 4.69) is 15.9 Å². The third-order valence-corrected chi connectivity index (χ3v) is 3.83. The van der Waals surface area contributed by atoms with Crippen molar-refractivity contribution in [2.75, 3.05) is 0 Å². The molecule has 0 aliphatic heterocycles. The van der Waals surface area contributed by atoms with Crippen molar-refractivity contribution in [2.45, 2.75) is 0 Å². The maximum Gasteiger partial charge on any atom is 0.252 e. The Morgan fingerprint density at radius 1 is 1.58 bits per heavy atom. The fourth-order valence-corrected chi connectivity index (χ4v) is 1.60. The van der Waals surface area contributed by atoms with Crippen molar-refractivity contribution >= 4 is 55.4 Å². The predicted molar refractivity (Wildman–Crippen MR) is 57.0 cm³/mol. The molecule has 0 aromatic heterocycles. The number of hydrogen-bond acceptors (Lipinski definition) is 1. The van der Waals surface area contributed by atoms with Crippen LogP contribution >= 0.6 is 50.1 Å². The number of hydrogen-bond donors (Lipinski definition) is 0. The Morgan fingerprint density at radius 2 is 2.17 bits per heavy atom. The van der Waals surface area contributed by atoms with Gasteiger partial charge in [-0.3, -0.25) is 4.79 Å². The van der Waals surface area contributed by atoms with Crippen LogP contribution in [0.2, 0.25) is 0 Å². The molecule has 0 saturated heterocycles. The fourth-order valence-electron chi connectivity index (χ4n) is 0.669. The van der Waals surface area contributed by atoms with E-state index >= 15 is 0 Å². The molecule has 0 heterocycles. The van der Waals surface area contributed by atoms with E-state index in [1.54, 1.807) is 0 Å². The molecular weight excluding hydrogens is 361 g/mol. The molecule has 1 aromatic carbocycles. The van der Waals surface area contributed by atoms with Gasteiger partial charge in [0.1, 0.15) is 5.82 Å². The Balaban J connectivity index is 3.31. The van der Waals surface area contributed by atoms with Crippen molar-refractivity contribution < 1.29 is 9.18 Å². The predicted octanol–water partition coefficient (Wildman–Crippen LogP) is 3.57. The van der Waals surface area contributed by atoms with Crippen LogP contribution in [0.3, 0.4) is 0 Å². The summed E-state index contributed by atoms with van der Waals surface area (Å²) in [6, 6.07) is 2.62. The first-order valence-electron chi connectivity index (χ1n) is 2.86. The first-order valence-corrected chi connectivity index (χ1v) is 5.11. The molecule has 0 radical (unpaired) electrons. The summed E-state index contributed by atoms with van der Waals surface area (Å²) < 4.78 is 13.9. The first-order chi connectivity index (χ1) is 5.52. The molecule has 0 aliphatic rings. The van der Waals surface area contributed by atoms with Gasteiger partial charge in [-0.15, -0.1) is 0 Å². The van der Waals surface area contributed by atoms with E-state index < -0.39 is 11.1 Å². The molecule has 0 N–H and O–H groups in total. The van der Waals surface area contributed by atoms with Crippen LogP contribution in [0.4, 0.5) is 4.39 Å². The summed E-state index contributed by atoms with van der Waals surface area (Å²) in [6.07, 6.45) is 0. The van der Waals surface area contributed by atoms with Gasteiger partial charge in [-0.25, -0.2) is 4.39 Å². The third kappa shape index (κ3) is 2.17. The van der Waals surface area contributed by atoms with Crippen LogP contribution in [0.5, 0.6) is 0 Å². The molecule has 0 saturated carbocycles. The quantitative estimate of drug-likeness (QED) is 0.424. The lowest BCUT2D eigenvalue weighted by atomic mass is 10.2. The van der Waals surface area contributed by atoms with Gasteiger partial charge >= 0.3 is 0 Å². The molecule has 0 aliphatic carbocycles. The highest BCUT2D eigenvalue weighted by molar-refractivity contribution is 14.1. The molecule has 5 heteroatoms. The molecule has 12 heavy (non-hydrogen) atoms. The average Bonchev–Trinajstić information content (AvgIpc) is 1.99. The van der Waals surface area contributed by atoms with Crippen molar-refractivity contribution in [1.29, 1.82) is 0 Å². The lowest BCUT2D eigenvalue weighted by Crippen LogP contribution is -1.93. The van der Waals surface area contributed by atoms with Crippen LogP contribution < -0.4 is 0 Å². The Hall–Kier alpha value is 0.320. The zero-order chi connectivity index (χ0) is 9.30. The average molecular weight is 363 g/mol. The lowest BCUT2D eigenvalue weighted by Gasteiger charge is -1.99. The minimum atomic E-state index is -0.653. The summed E-state index contributed by atoms with van der Waals surface area (Å²) in [5.74, 6) is -0.481. The molecule has 0 bridgehead atoms. The van der Waals surface area contributed by atoms with Crippen molar-refractivity contribution in [3.63, 3.8) is 0 Å². The van der Waals surface area contributed by atoms with Crippen LogP contribution in [-0.2, 0) is 0 Å². The van der Waals surface area contributed by atoms with Crippen LogP contribution in [-0.4, -0.2) is 5.24 Å². The summed E-state index contributed by atoms with van der Waals surface area (Å²) >= 11 is 10.1.